The molecule has 5 nitrogen and oxygen atoms in total. The molecule has 0 unspecified atom stereocenters. The molecule has 0 bridgehead atoms. The minimum atomic E-state index is -2.05. The summed E-state index contributed by atoms with van der Waals surface area (Å²) in [7, 11) is -2.68. The summed E-state index contributed by atoms with van der Waals surface area (Å²) < 4.78 is 12.6. The van der Waals surface area contributed by atoms with E-state index < -0.39 is 15.4 Å². The summed E-state index contributed by atoms with van der Waals surface area (Å²) >= 11 is 5.99. The Labute approximate surface area is 187 Å². The molecule has 0 spiro atoms. The highest BCUT2D eigenvalue weighted by Crippen LogP contribution is 2.40. The van der Waals surface area contributed by atoms with Gasteiger partial charge in [-0.25, -0.2) is 4.98 Å². The highest BCUT2D eigenvalue weighted by atomic mass is 35.5. The van der Waals surface area contributed by atoms with Crippen molar-refractivity contribution in [1.82, 2.24) is 9.79 Å². The van der Waals surface area contributed by atoms with Gasteiger partial charge in [0.2, 0.25) is 0 Å². The lowest BCUT2D eigenvalue weighted by atomic mass is 9.84. The molecule has 1 N–H and O–H groups in total. The second-order valence-electron chi connectivity index (χ2n) is 9.07. The van der Waals surface area contributed by atoms with Crippen LogP contribution < -0.4 is 4.74 Å². The molecule has 1 aromatic heterocycles. The number of nitrogens with zero attached hydrogens (tertiary/aromatic N) is 2. The number of halogens is 1. The SMILES string of the molecule is CB(O)N(CCOc1ccccc1)C[C@@H](O[Si](C)(C)C(C)(C)C)c1ccc(Cl)nc1. The number of aromatic nitrogens is 1. The number of rotatable bonds is 10. The molecule has 2 rings (SSSR count). The van der Waals surface area contributed by atoms with E-state index in [1.807, 2.05) is 41.2 Å². The number of pyridine rings is 1. The molecule has 0 aliphatic rings. The molecule has 0 radical (unpaired) electrons. The van der Waals surface area contributed by atoms with Crippen molar-refractivity contribution < 1.29 is 14.2 Å². The van der Waals surface area contributed by atoms with E-state index in [9.17, 15) is 5.02 Å². The standard InChI is InChI=1S/C22H34BClN2O3Si/c1-22(2,3)30(5,6)29-20(18-12-13-21(24)25-16-18)17-26(23(4)27)14-15-28-19-10-8-7-9-11-19/h7-13,16,20,27H,14-15,17H2,1-6H3/t20-/m1/s1. The lowest BCUT2D eigenvalue weighted by Gasteiger charge is -2.40. The van der Waals surface area contributed by atoms with Crippen LogP contribution in [0.1, 0.15) is 32.4 Å². The zero-order chi connectivity index (χ0) is 22.4. The molecular weight excluding hydrogens is 415 g/mol. The summed E-state index contributed by atoms with van der Waals surface area (Å²) in [6, 6.07) is 13.4. The maximum absolute atomic E-state index is 10.4. The molecule has 1 heterocycles. The summed E-state index contributed by atoms with van der Waals surface area (Å²) in [5.74, 6) is 0.819. The van der Waals surface area contributed by atoms with Crippen molar-refractivity contribution in [2.75, 3.05) is 19.7 Å². The Morgan fingerprint density at radius 1 is 1.17 bits per heavy atom. The molecule has 0 fully saturated rings. The summed E-state index contributed by atoms with van der Waals surface area (Å²) in [5, 5.41) is 10.9. The van der Waals surface area contributed by atoms with Gasteiger partial charge in [0, 0.05) is 19.3 Å². The molecule has 164 valence electrons. The highest BCUT2D eigenvalue weighted by molar-refractivity contribution is 6.74. The lowest BCUT2D eigenvalue weighted by Crippen LogP contribution is -2.47. The molecule has 1 aromatic carbocycles. The molecule has 0 saturated carbocycles. The van der Waals surface area contributed by atoms with Crippen molar-refractivity contribution in [2.45, 2.75) is 51.8 Å². The Hall–Kier alpha value is -1.38. The van der Waals surface area contributed by atoms with Crippen molar-refractivity contribution in [3.05, 3.63) is 59.4 Å². The average molecular weight is 449 g/mol. The van der Waals surface area contributed by atoms with E-state index in [0.717, 1.165) is 11.3 Å². The largest absolute Gasteiger partial charge is 0.492 e. The van der Waals surface area contributed by atoms with Crippen LogP contribution in [0.3, 0.4) is 0 Å². The molecule has 8 heteroatoms. The third-order valence-corrected chi connectivity index (χ3v) is 10.4. The topological polar surface area (TPSA) is 54.8 Å². The van der Waals surface area contributed by atoms with Gasteiger partial charge in [-0.3, -0.25) is 0 Å². The maximum Gasteiger partial charge on any atom is 0.376 e. The fraction of sp³-hybridized carbons (Fsp3) is 0.500. The molecular formula is C22H34BClN2O3Si. The molecule has 0 aliphatic carbocycles. The number of hydrogen-bond donors (Lipinski definition) is 1. The first-order valence-electron chi connectivity index (χ1n) is 10.4. The van der Waals surface area contributed by atoms with Gasteiger partial charge in [0.05, 0.1) is 12.7 Å². The second kappa shape index (κ2) is 10.8. The zero-order valence-corrected chi connectivity index (χ0v) is 20.7. The van der Waals surface area contributed by atoms with E-state index in [2.05, 4.69) is 38.8 Å². The van der Waals surface area contributed by atoms with Gasteiger partial charge in [-0.05, 0) is 48.7 Å². The van der Waals surface area contributed by atoms with Crippen LogP contribution in [0.25, 0.3) is 0 Å². The van der Waals surface area contributed by atoms with Gasteiger partial charge in [-0.2, -0.15) is 0 Å². The number of benzene rings is 1. The second-order valence-corrected chi connectivity index (χ2v) is 14.2. The Morgan fingerprint density at radius 3 is 2.37 bits per heavy atom. The van der Waals surface area contributed by atoms with Gasteiger partial charge in [-0.1, -0.05) is 56.6 Å². The monoisotopic (exact) mass is 448 g/mol. The lowest BCUT2D eigenvalue weighted by molar-refractivity contribution is 0.139. The number of para-hydroxylation sites is 1. The average Bonchev–Trinajstić information content (AvgIpc) is 2.66. The minimum Gasteiger partial charge on any atom is -0.492 e. The summed E-state index contributed by atoms with van der Waals surface area (Å²) in [5.41, 5.74) is 0.957. The number of hydrogen-bond acceptors (Lipinski definition) is 5. The van der Waals surface area contributed by atoms with Crippen LogP contribution in [0.2, 0.25) is 30.1 Å². The Kier molecular flexibility index (Phi) is 8.94. The van der Waals surface area contributed by atoms with Gasteiger partial charge >= 0.3 is 7.05 Å². The van der Waals surface area contributed by atoms with Crippen molar-refractivity contribution in [3.63, 3.8) is 0 Å². The van der Waals surface area contributed by atoms with Gasteiger partial charge in [0.25, 0.3) is 0 Å². The predicted octanol–water partition coefficient (Wildman–Crippen LogP) is 5.29. The Balaban J connectivity index is 2.15. The molecule has 30 heavy (non-hydrogen) atoms. The van der Waals surface area contributed by atoms with E-state index in [1.54, 1.807) is 19.1 Å². The van der Waals surface area contributed by atoms with Gasteiger partial charge in [-0.15, -0.1) is 0 Å². The number of ether oxygens (including phenoxy) is 1. The van der Waals surface area contributed by atoms with Gasteiger partial charge in [0.1, 0.15) is 10.9 Å². The van der Waals surface area contributed by atoms with Crippen LogP contribution in [-0.4, -0.2) is 49.9 Å². The first kappa shape index (κ1) is 24.9. The third-order valence-electron chi connectivity index (χ3n) is 5.68. The minimum absolute atomic E-state index is 0.0667. The first-order chi connectivity index (χ1) is 14.0. The van der Waals surface area contributed by atoms with Crippen LogP contribution in [0.15, 0.2) is 48.7 Å². The Morgan fingerprint density at radius 2 is 1.83 bits per heavy atom. The van der Waals surface area contributed by atoms with Crippen LogP contribution in [0, 0.1) is 0 Å². The van der Waals surface area contributed by atoms with Crippen LogP contribution in [0.5, 0.6) is 5.75 Å². The van der Waals surface area contributed by atoms with Crippen LogP contribution in [0.4, 0.5) is 0 Å². The van der Waals surface area contributed by atoms with Crippen LogP contribution in [-0.2, 0) is 4.43 Å². The van der Waals surface area contributed by atoms with E-state index >= 15 is 0 Å². The summed E-state index contributed by atoms with van der Waals surface area (Å²) in [6.07, 6.45) is 1.54. The molecule has 0 amide bonds. The maximum atomic E-state index is 10.4. The molecule has 2 aromatic rings. The normalized spacial score (nSPS) is 13.4. The smallest absolute Gasteiger partial charge is 0.376 e. The van der Waals surface area contributed by atoms with E-state index in [0.29, 0.717) is 24.8 Å². The van der Waals surface area contributed by atoms with Crippen molar-refractivity contribution in [1.29, 1.82) is 0 Å². The first-order valence-corrected chi connectivity index (χ1v) is 13.7. The zero-order valence-electron chi connectivity index (χ0n) is 18.9. The fourth-order valence-corrected chi connectivity index (χ4v) is 4.15. The van der Waals surface area contributed by atoms with Crippen molar-refractivity contribution >= 4 is 27.0 Å². The van der Waals surface area contributed by atoms with E-state index in [1.165, 1.54) is 0 Å². The quantitative estimate of drug-likeness (QED) is 0.395. The molecule has 1 atom stereocenters. The summed E-state index contributed by atoms with van der Waals surface area (Å²) in [6.45, 7) is 14.5. The van der Waals surface area contributed by atoms with E-state index in [4.69, 9.17) is 20.8 Å². The molecule has 0 saturated heterocycles. The predicted molar refractivity (Wildman–Crippen MR) is 128 cm³/mol. The third kappa shape index (κ3) is 7.39. The van der Waals surface area contributed by atoms with Crippen molar-refractivity contribution in [2.24, 2.45) is 0 Å². The van der Waals surface area contributed by atoms with E-state index in [-0.39, 0.29) is 11.1 Å². The molecule has 0 aliphatic heterocycles. The van der Waals surface area contributed by atoms with Crippen molar-refractivity contribution in [3.8, 4) is 5.75 Å². The highest BCUT2D eigenvalue weighted by Gasteiger charge is 2.40. The van der Waals surface area contributed by atoms with Gasteiger partial charge in [0.15, 0.2) is 8.32 Å². The van der Waals surface area contributed by atoms with Crippen LogP contribution >= 0.6 is 11.6 Å². The summed E-state index contributed by atoms with van der Waals surface area (Å²) in [4.78, 5) is 6.21. The Bertz CT molecular complexity index is 770. The fourth-order valence-electron chi connectivity index (χ4n) is 2.76. The van der Waals surface area contributed by atoms with Gasteiger partial charge < -0.3 is 19.0 Å².